The Balaban J connectivity index is 2.17. The molecule has 0 aromatic carbocycles. The van der Waals surface area contributed by atoms with Gasteiger partial charge in [-0.3, -0.25) is 4.79 Å². The molecule has 0 aliphatic carbocycles. The Bertz CT molecular complexity index is 160. The van der Waals surface area contributed by atoms with Gasteiger partial charge in [-0.15, -0.1) is 5.73 Å². The number of rotatable bonds is 2. The molecule has 48 valence electrons. The minimum Gasteiger partial charge on any atom is -0.352 e. The predicted molar refractivity (Wildman–Crippen MR) is 34.9 cm³/mol. The average molecular weight is 123 g/mol. The van der Waals surface area contributed by atoms with Crippen molar-refractivity contribution >= 4 is 5.91 Å². The van der Waals surface area contributed by atoms with Gasteiger partial charge in [0.15, 0.2) is 0 Å². The smallest absolute Gasteiger partial charge is 0.222 e. The molecule has 0 radical (unpaired) electrons. The van der Waals surface area contributed by atoms with E-state index in [1.54, 1.807) is 0 Å². The lowest BCUT2D eigenvalue weighted by atomic mass is 10.0. The van der Waals surface area contributed by atoms with Crippen molar-refractivity contribution in [3.05, 3.63) is 18.4 Å². The standard InChI is InChI=1S/C7H9NO/c1-2-3-4-6-5-7(9)8-6/h3,6H,1,4-5H2,(H,8,9)/t6-/m1/s1. The molecule has 1 atom stereocenters. The lowest BCUT2D eigenvalue weighted by Gasteiger charge is -2.24. The molecular formula is C7H9NO. The van der Waals surface area contributed by atoms with Crippen LogP contribution in [0.4, 0.5) is 0 Å². The van der Waals surface area contributed by atoms with Gasteiger partial charge in [-0.25, -0.2) is 0 Å². The molecule has 0 unspecified atom stereocenters. The second-order valence-corrected chi connectivity index (χ2v) is 2.11. The van der Waals surface area contributed by atoms with Crippen molar-refractivity contribution in [1.82, 2.24) is 5.32 Å². The van der Waals surface area contributed by atoms with E-state index in [4.69, 9.17) is 0 Å². The summed E-state index contributed by atoms with van der Waals surface area (Å²) < 4.78 is 0. The molecule has 0 aromatic heterocycles. The molecule has 1 aliphatic heterocycles. The van der Waals surface area contributed by atoms with Gasteiger partial charge in [0, 0.05) is 12.5 Å². The van der Waals surface area contributed by atoms with Crippen molar-refractivity contribution in [1.29, 1.82) is 0 Å². The lowest BCUT2D eigenvalue weighted by Crippen LogP contribution is -2.47. The van der Waals surface area contributed by atoms with E-state index in [0.717, 1.165) is 6.42 Å². The van der Waals surface area contributed by atoms with E-state index in [2.05, 4.69) is 17.6 Å². The first-order valence-electron chi connectivity index (χ1n) is 2.96. The Hall–Kier alpha value is -1.01. The number of hydrogen-bond donors (Lipinski definition) is 1. The number of amides is 1. The zero-order valence-corrected chi connectivity index (χ0v) is 5.18. The highest BCUT2D eigenvalue weighted by Crippen LogP contribution is 2.07. The summed E-state index contributed by atoms with van der Waals surface area (Å²) in [5, 5.41) is 2.74. The summed E-state index contributed by atoms with van der Waals surface area (Å²) in [5.41, 5.74) is 2.66. The summed E-state index contributed by atoms with van der Waals surface area (Å²) in [5.74, 6) is 0.150. The third kappa shape index (κ3) is 1.44. The first-order chi connectivity index (χ1) is 4.33. The van der Waals surface area contributed by atoms with Gasteiger partial charge in [0.2, 0.25) is 5.91 Å². The molecule has 0 saturated carbocycles. The fourth-order valence-electron chi connectivity index (χ4n) is 0.798. The molecule has 1 aliphatic rings. The Labute approximate surface area is 54.3 Å². The molecule has 1 fully saturated rings. The second-order valence-electron chi connectivity index (χ2n) is 2.11. The number of carbonyl (C=O) groups excluding carboxylic acids is 1. The zero-order valence-electron chi connectivity index (χ0n) is 5.18. The molecule has 2 heteroatoms. The minimum atomic E-state index is 0.150. The molecule has 1 heterocycles. The van der Waals surface area contributed by atoms with Crippen molar-refractivity contribution in [2.24, 2.45) is 0 Å². The third-order valence-electron chi connectivity index (χ3n) is 1.34. The van der Waals surface area contributed by atoms with Crippen molar-refractivity contribution in [3.8, 4) is 0 Å². The van der Waals surface area contributed by atoms with E-state index in [1.807, 2.05) is 6.08 Å². The molecule has 2 nitrogen and oxygen atoms in total. The number of hydrogen-bond acceptors (Lipinski definition) is 1. The zero-order chi connectivity index (χ0) is 6.69. The maximum Gasteiger partial charge on any atom is 0.222 e. The summed E-state index contributed by atoms with van der Waals surface area (Å²) in [6, 6.07) is 0.353. The maximum atomic E-state index is 10.3. The highest BCUT2D eigenvalue weighted by atomic mass is 16.2. The van der Waals surface area contributed by atoms with E-state index >= 15 is 0 Å². The van der Waals surface area contributed by atoms with E-state index in [9.17, 15) is 4.79 Å². The molecule has 1 saturated heterocycles. The Kier molecular flexibility index (Phi) is 1.71. The largest absolute Gasteiger partial charge is 0.352 e. The predicted octanol–water partition coefficient (Wildman–Crippen LogP) is 0.606. The van der Waals surface area contributed by atoms with E-state index in [-0.39, 0.29) is 5.91 Å². The van der Waals surface area contributed by atoms with E-state index < -0.39 is 0 Å². The first-order valence-corrected chi connectivity index (χ1v) is 2.96. The van der Waals surface area contributed by atoms with Gasteiger partial charge in [0.05, 0.1) is 0 Å². The molecule has 9 heavy (non-hydrogen) atoms. The Morgan fingerprint density at radius 1 is 2.00 bits per heavy atom. The average Bonchev–Trinajstić information content (AvgIpc) is 1.78. The van der Waals surface area contributed by atoms with Crippen LogP contribution in [0.2, 0.25) is 0 Å². The fraction of sp³-hybridized carbons (Fsp3) is 0.429. The molecule has 0 aromatic rings. The topological polar surface area (TPSA) is 29.1 Å². The highest BCUT2D eigenvalue weighted by Gasteiger charge is 2.23. The van der Waals surface area contributed by atoms with Gasteiger partial charge in [-0.2, -0.15) is 0 Å². The van der Waals surface area contributed by atoms with Crippen LogP contribution in [0.15, 0.2) is 18.4 Å². The van der Waals surface area contributed by atoms with Gasteiger partial charge in [0.1, 0.15) is 0 Å². The van der Waals surface area contributed by atoms with Crippen LogP contribution in [0.25, 0.3) is 0 Å². The monoisotopic (exact) mass is 123 g/mol. The first kappa shape index (κ1) is 6.12. The Morgan fingerprint density at radius 2 is 2.67 bits per heavy atom. The van der Waals surface area contributed by atoms with Gasteiger partial charge >= 0.3 is 0 Å². The van der Waals surface area contributed by atoms with Crippen LogP contribution in [-0.4, -0.2) is 11.9 Å². The summed E-state index contributed by atoms with van der Waals surface area (Å²) in [4.78, 5) is 10.3. The van der Waals surface area contributed by atoms with Crippen LogP contribution < -0.4 is 5.32 Å². The summed E-state index contributed by atoms with van der Waals surface area (Å²) in [7, 11) is 0. The van der Waals surface area contributed by atoms with Crippen LogP contribution in [-0.2, 0) is 4.79 Å². The quantitative estimate of drug-likeness (QED) is 0.423. The van der Waals surface area contributed by atoms with Gasteiger partial charge < -0.3 is 5.32 Å². The molecule has 1 N–H and O–H groups in total. The van der Waals surface area contributed by atoms with E-state index in [0.29, 0.717) is 12.5 Å². The molecule has 0 bridgehead atoms. The SMILES string of the molecule is C=C=CC[C@@H]1CC(=O)N1. The summed E-state index contributed by atoms with van der Waals surface area (Å²) in [6.07, 6.45) is 3.37. The van der Waals surface area contributed by atoms with Crippen LogP contribution in [0.1, 0.15) is 12.8 Å². The molecule has 1 rings (SSSR count). The second kappa shape index (κ2) is 2.51. The van der Waals surface area contributed by atoms with E-state index in [1.165, 1.54) is 0 Å². The van der Waals surface area contributed by atoms with Crippen LogP contribution in [0, 0.1) is 0 Å². The lowest BCUT2D eigenvalue weighted by molar-refractivity contribution is -0.128. The van der Waals surface area contributed by atoms with Crippen molar-refractivity contribution in [2.45, 2.75) is 18.9 Å². The number of β-lactam (4-membered cyclic amide) rings is 1. The summed E-state index contributed by atoms with van der Waals surface area (Å²) in [6.45, 7) is 3.42. The van der Waals surface area contributed by atoms with Gasteiger partial charge in [0.25, 0.3) is 0 Å². The van der Waals surface area contributed by atoms with Gasteiger partial charge in [-0.05, 0) is 12.5 Å². The fourth-order valence-corrected chi connectivity index (χ4v) is 0.798. The van der Waals surface area contributed by atoms with Crippen LogP contribution in [0.5, 0.6) is 0 Å². The van der Waals surface area contributed by atoms with Crippen LogP contribution >= 0.6 is 0 Å². The number of carbonyl (C=O) groups is 1. The summed E-state index contributed by atoms with van der Waals surface area (Å²) >= 11 is 0. The number of nitrogens with one attached hydrogen (secondary N) is 1. The van der Waals surface area contributed by atoms with Crippen molar-refractivity contribution in [3.63, 3.8) is 0 Å². The Morgan fingerprint density at radius 3 is 3.11 bits per heavy atom. The molecular weight excluding hydrogens is 114 g/mol. The van der Waals surface area contributed by atoms with Crippen molar-refractivity contribution in [2.75, 3.05) is 0 Å². The molecule has 1 amide bonds. The van der Waals surface area contributed by atoms with Crippen molar-refractivity contribution < 1.29 is 4.79 Å². The maximum absolute atomic E-state index is 10.3. The van der Waals surface area contributed by atoms with Gasteiger partial charge in [-0.1, -0.05) is 6.58 Å². The highest BCUT2D eigenvalue weighted by molar-refractivity contribution is 5.82. The molecule has 0 spiro atoms. The van der Waals surface area contributed by atoms with Crippen LogP contribution in [0.3, 0.4) is 0 Å². The normalized spacial score (nSPS) is 23.6. The minimum absolute atomic E-state index is 0.150. The third-order valence-corrected chi connectivity index (χ3v) is 1.34.